The molecule has 0 fully saturated rings. The van der Waals surface area contributed by atoms with Crippen molar-refractivity contribution in [3.8, 4) is 6.07 Å². The predicted molar refractivity (Wildman–Crippen MR) is 49.2 cm³/mol. The lowest BCUT2D eigenvalue weighted by molar-refractivity contribution is 0.898. The minimum absolute atomic E-state index is 0.114. The van der Waals surface area contributed by atoms with Gasteiger partial charge in [0.1, 0.15) is 5.65 Å². The summed E-state index contributed by atoms with van der Waals surface area (Å²) >= 11 is 0. The van der Waals surface area contributed by atoms with Crippen molar-refractivity contribution in [3.63, 3.8) is 0 Å². The minimum Gasteiger partial charge on any atom is -0.303 e. The molecule has 0 saturated heterocycles. The molecule has 64 valence electrons. The molecule has 0 saturated carbocycles. The summed E-state index contributed by atoms with van der Waals surface area (Å²) in [7, 11) is 0. The monoisotopic (exact) mass is 171 g/mol. The normalized spacial score (nSPS) is 12.6. The van der Waals surface area contributed by atoms with Crippen LogP contribution in [0.2, 0.25) is 0 Å². The van der Waals surface area contributed by atoms with Crippen LogP contribution in [0.5, 0.6) is 0 Å². The summed E-state index contributed by atoms with van der Waals surface area (Å²) in [6.07, 6.45) is 3.68. The molecule has 1 atom stereocenters. The molecule has 2 heterocycles. The topological polar surface area (TPSA) is 41.1 Å². The van der Waals surface area contributed by atoms with Crippen LogP contribution < -0.4 is 0 Å². The Morgan fingerprint density at radius 1 is 1.54 bits per heavy atom. The fraction of sp³-hybridized carbons (Fsp3) is 0.200. The van der Waals surface area contributed by atoms with E-state index in [9.17, 15) is 0 Å². The average molecular weight is 171 g/mol. The van der Waals surface area contributed by atoms with Crippen molar-refractivity contribution in [1.29, 1.82) is 5.26 Å². The first-order valence-electron chi connectivity index (χ1n) is 4.14. The van der Waals surface area contributed by atoms with Crippen LogP contribution in [0.1, 0.15) is 18.5 Å². The molecule has 0 amide bonds. The van der Waals surface area contributed by atoms with E-state index in [1.807, 2.05) is 35.7 Å². The number of imidazole rings is 1. The highest BCUT2D eigenvalue weighted by Crippen LogP contribution is 2.15. The first-order valence-corrected chi connectivity index (χ1v) is 4.14. The van der Waals surface area contributed by atoms with Crippen molar-refractivity contribution >= 4 is 5.65 Å². The molecule has 3 heteroatoms. The maximum atomic E-state index is 8.77. The zero-order chi connectivity index (χ0) is 9.26. The Labute approximate surface area is 76.3 Å². The summed E-state index contributed by atoms with van der Waals surface area (Å²) in [5, 5.41) is 8.77. The second kappa shape index (κ2) is 2.91. The van der Waals surface area contributed by atoms with Crippen LogP contribution in [0.15, 0.2) is 30.6 Å². The molecule has 0 radical (unpaired) electrons. The van der Waals surface area contributed by atoms with Crippen LogP contribution in [0.3, 0.4) is 0 Å². The summed E-state index contributed by atoms with van der Waals surface area (Å²) in [5.74, 6) is -0.114. The lowest BCUT2D eigenvalue weighted by atomic mass is 10.1. The van der Waals surface area contributed by atoms with Gasteiger partial charge in [-0.25, -0.2) is 4.98 Å². The van der Waals surface area contributed by atoms with Gasteiger partial charge in [0, 0.05) is 6.20 Å². The molecule has 13 heavy (non-hydrogen) atoms. The summed E-state index contributed by atoms with van der Waals surface area (Å²) < 4.78 is 1.94. The van der Waals surface area contributed by atoms with Crippen molar-refractivity contribution in [1.82, 2.24) is 9.38 Å². The van der Waals surface area contributed by atoms with E-state index in [0.717, 1.165) is 11.3 Å². The maximum Gasteiger partial charge on any atom is 0.136 e. The van der Waals surface area contributed by atoms with Gasteiger partial charge in [0.05, 0.1) is 23.9 Å². The van der Waals surface area contributed by atoms with Gasteiger partial charge in [-0.15, -0.1) is 0 Å². The van der Waals surface area contributed by atoms with E-state index in [0.29, 0.717) is 0 Å². The standard InChI is InChI=1S/C10H9N3/c1-8(6-11)9-7-12-10-4-2-3-5-13(9)10/h2-5,7-8H,1H3. The van der Waals surface area contributed by atoms with Gasteiger partial charge in [0.15, 0.2) is 0 Å². The summed E-state index contributed by atoms with van der Waals surface area (Å²) in [6, 6.07) is 7.99. The van der Waals surface area contributed by atoms with Crippen LogP contribution in [0, 0.1) is 11.3 Å². The molecule has 0 aliphatic heterocycles. The van der Waals surface area contributed by atoms with Gasteiger partial charge in [0.2, 0.25) is 0 Å². The van der Waals surface area contributed by atoms with E-state index in [1.165, 1.54) is 0 Å². The molecule has 2 aromatic heterocycles. The Bertz CT molecular complexity index is 464. The van der Waals surface area contributed by atoms with Crippen LogP contribution in [-0.4, -0.2) is 9.38 Å². The van der Waals surface area contributed by atoms with Crippen LogP contribution in [0.4, 0.5) is 0 Å². The van der Waals surface area contributed by atoms with E-state index in [-0.39, 0.29) is 5.92 Å². The number of hydrogen-bond acceptors (Lipinski definition) is 2. The molecule has 0 N–H and O–H groups in total. The molecule has 1 unspecified atom stereocenters. The SMILES string of the molecule is CC(C#N)c1cnc2ccccn12. The van der Waals surface area contributed by atoms with Gasteiger partial charge in [-0.2, -0.15) is 5.26 Å². The lowest BCUT2D eigenvalue weighted by Crippen LogP contribution is -1.95. The number of fused-ring (bicyclic) bond motifs is 1. The maximum absolute atomic E-state index is 8.77. The highest BCUT2D eigenvalue weighted by atomic mass is 15.0. The molecule has 0 aliphatic carbocycles. The third-order valence-corrected chi connectivity index (χ3v) is 2.08. The summed E-state index contributed by atoms with van der Waals surface area (Å²) in [5.41, 5.74) is 1.83. The molecule has 0 spiro atoms. The van der Waals surface area contributed by atoms with Gasteiger partial charge >= 0.3 is 0 Å². The third kappa shape index (κ3) is 1.17. The quantitative estimate of drug-likeness (QED) is 0.658. The third-order valence-electron chi connectivity index (χ3n) is 2.08. The Kier molecular flexibility index (Phi) is 1.75. The van der Waals surface area contributed by atoms with E-state index in [2.05, 4.69) is 11.1 Å². The zero-order valence-corrected chi connectivity index (χ0v) is 7.31. The van der Waals surface area contributed by atoms with Crippen molar-refractivity contribution in [2.75, 3.05) is 0 Å². The van der Waals surface area contributed by atoms with Gasteiger partial charge < -0.3 is 4.40 Å². The van der Waals surface area contributed by atoms with Crippen molar-refractivity contribution in [2.24, 2.45) is 0 Å². The Balaban J connectivity index is 2.66. The molecule has 2 rings (SSSR count). The van der Waals surface area contributed by atoms with Gasteiger partial charge in [-0.05, 0) is 19.1 Å². The first kappa shape index (κ1) is 7.81. The van der Waals surface area contributed by atoms with Crippen LogP contribution in [0.25, 0.3) is 5.65 Å². The van der Waals surface area contributed by atoms with Crippen molar-refractivity contribution < 1.29 is 0 Å². The lowest BCUT2D eigenvalue weighted by Gasteiger charge is -2.00. The number of nitrogens with zero attached hydrogens (tertiary/aromatic N) is 3. The van der Waals surface area contributed by atoms with Gasteiger partial charge in [0.25, 0.3) is 0 Å². The molecular formula is C10H9N3. The molecule has 3 nitrogen and oxygen atoms in total. The van der Waals surface area contributed by atoms with Gasteiger partial charge in [-0.1, -0.05) is 6.07 Å². The fourth-order valence-electron chi connectivity index (χ4n) is 1.34. The van der Waals surface area contributed by atoms with Gasteiger partial charge in [-0.3, -0.25) is 0 Å². The van der Waals surface area contributed by atoms with E-state index >= 15 is 0 Å². The number of hydrogen-bond donors (Lipinski definition) is 0. The highest BCUT2D eigenvalue weighted by Gasteiger charge is 2.08. The molecule has 2 aromatic rings. The fourth-order valence-corrected chi connectivity index (χ4v) is 1.34. The Morgan fingerprint density at radius 2 is 2.38 bits per heavy atom. The molecule has 0 bridgehead atoms. The Morgan fingerprint density at radius 3 is 3.15 bits per heavy atom. The molecular weight excluding hydrogens is 162 g/mol. The van der Waals surface area contributed by atoms with E-state index < -0.39 is 0 Å². The molecule has 0 aromatic carbocycles. The largest absolute Gasteiger partial charge is 0.303 e. The summed E-state index contributed by atoms with van der Waals surface area (Å²) in [6.45, 7) is 1.87. The average Bonchev–Trinajstić information content (AvgIpc) is 2.60. The first-order chi connectivity index (χ1) is 6.33. The van der Waals surface area contributed by atoms with Crippen LogP contribution in [-0.2, 0) is 0 Å². The second-order valence-electron chi connectivity index (χ2n) is 2.96. The van der Waals surface area contributed by atoms with Crippen molar-refractivity contribution in [3.05, 3.63) is 36.3 Å². The van der Waals surface area contributed by atoms with E-state index in [4.69, 9.17) is 5.26 Å². The summed E-state index contributed by atoms with van der Waals surface area (Å²) in [4.78, 5) is 4.20. The Hall–Kier alpha value is -1.82. The predicted octanol–water partition coefficient (Wildman–Crippen LogP) is 1.96. The van der Waals surface area contributed by atoms with Crippen molar-refractivity contribution in [2.45, 2.75) is 12.8 Å². The number of aromatic nitrogens is 2. The number of nitriles is 1. The molecule has 0 aliphatic rings. The zero-order valence-electron chi connectivity index (χ0n) is 7.31. The van der Waals surface area contributed by atoms with Crippen LogP contribution >= 0.6 is 0 Å². The highest BCUT2D eigenvalue weighted by molar-refractivity contribution is 5.41. The minimum atomic E-state index is -0.114. The number of pyridine rings is 1. The van der Waals surface area contributed by atoms with E-state index in [1.54, 1.807) is 6.20 Å². The second-order valence-corrected chi connectivity index (χ2v) is 2.96. The number of rotatable bonds is 1. The smallest absolute Gasteiger partial charge is 0.136 e.